The molecule has 2 aliphatic heterocycles. The number of anilines is 1. The maximum atomic E-state index is 13.0. The highest BCUT2D eigenvalue weighted by atomic mass is 16.5. The number of ether oxygens (including phenoxy) is 1. The summed E-state index contributed by atoms with van der Waals surface area (Å²) in [4.78, 5) is 39.8. The molecule has 0 aromatic heterocycles. The van der Waals surface area contributed by atoms with Crippen molar-refractivity contribution in [2.75, 3.05) is 24.6 Å². The van der Waals surface area contributed by atoms with Gasteiger partial charge in [0.25, 0.3) is 5.91 Å². The lowest BCUT2D eigenvalue weighted by Crippen LogP contribution is -2.41. The van der Waals surface area contributed by atoms with Crippen LogP contribution in [0.4, 0.5) is 5.69 Å². The van der Waals surface area contributed by atoms with Gasteiger partial charge >= 0.3 is 0 Å². The highest BCUT2D eigenvalue weighted by Gasteiger charge is 2.30. The smallest absolute Gasteiger partial charge is 0.253 e. The van der Waals surface area contributed by atoms with Crippen LogP contribution >= 0.6 is 0 Å². The van der Waals surface area contributed by atoms with E-state index >= 15 is 0 Å². The number of likely N-dealkylation sites (tertiary alicyclic amines) is 1. The number of carbonyl (C=O) groups is 3. The van der Waals surface area contributed by atoms with E-state index in [1.165, 1.54) is 4.90 Å². The second-order valence-corrected chi connectivity index (χ2v) is 8.06. The number of carbonyl (C=O) groups excluding carboxylic acids is 3. The van der Waals surface area contributed by atoms with Gasteiger partial charge in [0.05, 0.1) is 12.3 Å². The Hall–Kier alpha value is -3.15. The van der Waals surface area contributed by atoms with Crippen molar-refractivity contribution in [2.45, 2.75) is 32.6 Å². The molecular formula is C24H26N2O4. The van der Waals surface area contributed by atoms with Crippen LogP contribution in [0, 0.1) is 12.8 Å². The summed E-state index contributed by atoms with van der Waals surface area (Å²) < 4.78 is 5.95. The minimum Gasteiger partial charge on any atom is -0.493 e. The van der Waals surface area contributed by atoms with Crippen molar-refractivity contribution in [1.82, 2.24) is 4.90 Å². The van der Waals surface area contributed by atoms with Crippen LogP contribution in [0.2, 0.25) is 0 Å². The Kier molecular flexibility index (Phi) is 5.84. The van der Waals surface area contributed by atoms with Gasteiger partial charge < -0.3 is 9.64 Å². The average Bonchev–Trinajstić information content (AvgIpc) is 3.10. The molecule has 2 aromatic rings. The zero-order valence-corrected chi connectivity index (χ0v) is 17.2. The summed E-state index contributed by atoms with van der Waals surface area (Å²) in [6, 6.07) is 14.7. The van der Waals surface area contributed by atoms with E-state index in [1.54, 1.807) is 24.3 Å². The van der Waals surface area contributed by atoms with E-state index in [1.807, 2.05) is 36.1 Å². The van der Waals surface area contributed by atoms with Crippen molar-refractivity contribution in [3.05, 3.63) is 59.7 Å². The van der Waals surface area contributed by atoms with E-state index in [4.69, 9.17) is 4.74 Å². The first-order chi connectivity index (χ1) is 14.5. The Bertz CT molecular complexity index is 938. The first-order valence-corrected chi connectivity index (χ1v) is 10.5. The van der Waals surface area contributed by atoms with E-state index in [0.29, 0.717) is 30.3 Å². The quantitative estimate of drug-likeness (QED) is 0.712. The number of piperidine rings is 1. The predicted molar refractivity (Wildman–Crippen MR) is 113 cm³/mol. The third-order valence-corrected chi connectivity index (χ3v) is 5.71. The summed E-state index contributed by atoms with van der Waals surface area (Å²) in [6.45, 7) is 4.01. The molecule has 0 spiro atoms. The zero-order chi connectivity index (χ0) is 21.1. The molecule has 4 rings (SSSR count). The van der Waals surface area contributed by atoms with Gasteiger partial charge in [-0.05, 0) is 61.7 Å². The molecule has 30 heavy (non-hydrogen) atoms. The SMILES string of the molecule is Cc1cccc(OC[C@@H]2CCCN(C(=O)c3ccc(N4C(=O)CCC4=O)cc3)C2)c1. The monoisotopic (exact) mass is 406 g/mol. The fourth-order valence-electron chi connectivity index (χ4n) is 4.10. The summed E-state index contributed by atoms with van der Waals surface area (Å²) in [5.41, 5.74) is 2.26. The molecule has 2 heterocycles. The van der Waals surface area contributed by atoms with Crippen LogP contribution in [0.3, 0.4) is 0 Å². The van der Waals surface area contributed by atoms with Crippen molar-refractivity contribution >= 4 is 23.4 Å². The van der Waals surface area contributed by atoms with Crippen LogP contribution in [0.25, 0.3) is 0 Å². The Morgan fingerprint density at radius 3 is 2.50 bits per heavy atom. The van der Waals surface area contributed by atoms with E-state index in [2.05, 4.69) is 0 Å². The number of nitrogens with zero attached hydrogens (tertiary/aromatic N) is 2. The summed E-state index contributed by atoms with van der Waals surface area (Å²) in [6.07, 6.45) is 2.48. The Morgan fingerprint density at radius 1 is 1.07 bits per heavy atom. The van der Waals surface area contributed by atoms with Crippen LogP contribution in [0.5, 0.6) is 5.75 Å². The van der Waals surface area contributed by atoms with Crippen LogP contribution in [-0.2, 0) is 9.59 Å². The van der Waals surface area contributed by atoms with Gasteiger partial charge in [0.2, 0.25) is 11.8 Å². The third-order valence-electron chi connectivity index (χ3n) is 5.71. The number of hydrogen-bond acceptors (Lipinski definition) is 4. The number of aryl methyl sites for hydroxylation is 1. The molecule has 0 N–H and O–H groups in total. The highest BCUT2D eigenvalue weighted by Crippen LogP contribution is 2.25. The Balaban J connectivity index is 1.37. The van der Waals surface area contributed by atoms with Gasteiger partial charge in [-0.15, -0.1) is 0 Å². The number of imide groups is 1. The lowest BCUT2D eigenvalue weighted by atomic mass is 9.98. The second-order valence-electron chi connectivity index (χ2n) is 8.06. The van der Waals surface area contributed by atoms with Crippen molar-refractivity contribution in [2.24, 2.45) is 5.92 Å². The fourth-order valence-corrected chi connectivity index (χ4v) is 4.10. The molecule has 2 saturated heterocycles. The zero-order valence-electron chi connectivity index (χ0n) is 17.2. The molecule has 1 atom stereocenters. The number of benzene rings is 2. The van der Waals surface area contributed by atoms with Crippen molar-refractivity contribution in [3.8, 4) is 5.75 Å². The molecule has 2 aromatic carbocycles. The molecule has 3 amide bonds. The lowest BCUT2D eigenvalue weighted by molar-refractivity contribution is -0.121. The van der Waals surface area contributed by atoms with Gasteiger partial charge in [0.1, 0.15) is 5.75 Å². The third kappa shape index (κ3) is 4.37. The van der Waals surface area contributed by atoms with Crippen molar-refractivity contribution < 1.29 is 19.1 Å². The minimum atomic E-state index is -0.188. The van der Waals surface area contributed by atoms with Gasteiger partial charge in [-0.2, -0.15) is 0 Å². The molecule has 0 radical (unpaired) electrons. The lowest BCUT2D eigenvalue weighted by Gasteiger charge is -2.32. The minimum absolute atomic E-state index is 0.0270. The normalized spacial score (nSPS) is 19.3. The summed E-state index contributed by atoms with van der Waals surface area (Å²) >= 11 is 0. The number of amides is 3. The van der Waals surface area contributed by atoms with Crippen molar-refractivity contribution in [1.29, 1.82) is 0 Å². The maximum absolute atomic E-state index is 13.0. The van der Waals surface area contributed by atoms with Crippen LogP contribution < -0.4 is 9.64 Å². The van der Waals surface area contributed by atoms with Gasteiger partial charge in [-0.3, -0.25) is 19.3 Å². The molecule has 2 aliphatic rings. The first-order valence-electron chi connectivity index (χ1n) is 10.5. The highest BCUT2D eigenvalue weighted by molar-refractivity contribution is 6.19. The molecule has 0 bridgehead atoms. The number of rotatable bonds is 5. The molecule has 0 unspecified atom stereocenters. The van der Waals surface area contributed by atoms with Gasteiger partial charge in [0, 0.05) is 37.4 Å². The van der Waals surface area contributed by atoms with E-state index in [-0.39, 0.29) is 30.6 Å². The van der Waals surface area contributed by atoms with E-state index in [9.17, 15) is 14.4 Å². The van der Waals surface area contributed by atoms with Gasteiger partial charge in [0.15, 0.2) is 0 Å². The van der Waals surface area contributed by atoms with Crippen LogP contribution in [0.1, 0.15) is 41.6 Å². The fraction of sp³-hybridized carbons (Fsp3) is 0.375. The molecule has 2 fully saturated rings. The molecule has 6 nitrogen and oxygen atoms in total. The molecule has 6 heteroatoms. The Labute approximate surface area is 176 Å². The van der Waals surface area contributed by atoms with E-state index < -0.39 is 0 Å². The average molecular weight is 406 g/mol. The first kappa shape index (κ1) is 20.1. The molecule has 0 saturated carbocycles. The topological polar surface area (TPSA) is 66.9 Å². The number of hydrogen-bond donors (Lipinski definition) is 0. The molecule has 156 valence electrons. The molecule has 0 aliphatic carbocycles. The van der Waals surface area contributed by atoms with Crippen molar-refractivity contribution in [3.63, 3.8) is 0 Å². The largest absolute Gasteiger partial charge is 0.493 e. The van der Waals surface area contributed by atoms with Gasteiger partial charge in [-0.25, -0.2) is 0 Å². The summed E-state index contributed by atoms with van der Waals surface area (Å²) in [5, 5.41) is 0. The summed E-state index contributed by atoms with van der Waals surface area (Å²) in [5.74, 6) is 0.751. The standard InChI is InChI=1S/C24H26N2O4/c1-17-4-2-6-21(14-17)30-16-18-5-3-13-25(15-18)24(29)19-7-9-20(10-8-19)26-22(27)11-12-23(26)28/h2,4,6-10,14,18H,3,5,11-13,15-16H2,1H3/t18-/m1/s1. The second kappa shape index (κ2) is 8.69. The Morgan fingerprint density at radius 2 is 1.80 bits per heavy atom. The van der Waals surface area contributed by atoms with E-state index in [0.717, 1.165) is 30.7 Å². The molecular weight excluding hydrogens is 380 g/mol. The van der Waals surface area contributed by atoms with Crippen LogP contribution in [-0.4, -0.2) is 42.3 Å². The summed E-state index contributed by atoms with van der Waals surface area (Å²) in [7, 11) is 0. The van der Waals surface area contributed by atoms with Gasteiger partial charge in [-0.1, -0.05) is 12.1 Å². The predicted octanol–water partition coefficient (Wildman–Crippen LogP) is 3.58. The maximum Gasteiger partial charge on any atom is 0.253 e. The van der Waals surface area contributed by atoms with Crippen LogP contribution in [0.15, 0.2) is 48.5 Å².